The summed E-state index contributed by atoms with van der Waals surface area (Å²) in [4.78, 5) is 0. The van der Waals surface area contributed by atoms with E-state index < -0.39 is 0 Å². The first-order valence-electron chi connectivity index (χ1n) is 5.38. The minimum absolute atomic E-state index is 0.665. The maximum Gasteiger partial charge on any atom is 0.0948 e. The Balaban J connectivity index is 2.34. The van der Waals surface area contributed by atoms with Gasteiger partial charge in [-0.1, -0.05) is 21.1 Å². The first-order valence-corrected chi connectivity index (χ1v) is 7.76. The van der Waals surface area contributed by atoms with Crippen LogP contribution in [-0.4, -0.2) is 21.5 Å². The number of hydrogen-bond donors (Lipinski definition) is 1. The van der Waals surface area contributed by atoms with E-state index in [1.807, 2.05) is 18.3 Å². The SMILES string of the molecule is NCCCc1cn(-c2c(Br)cc(Br)cc2Br)nn1. The third kappa shape index (κ3) is 3.20. The Bertz CT molecular complexity index is 530. The van der Waals surface area contributed by atoms with Gasteiger partial charge in [-0.15, -0.1) is 5.10 Å². The lowest BCUT2D eigenvalue weighted by Gasteiger charge is -2.07. The minimum Gasteiger partial charge on any atom is -0.330 e. The molecular weight excluding hydrogens is 428 g/mol. The van der Waals surface area contributed by atoms with Crippen molar-refractivity contribution in [3.63, 3.8) is 0 Å². The van der Waals surface area contributed by atoms with Crippen LogP contribution in [0.3, 0.4) is 0 Å². The van der Waals surface area contributed by atoms with Crippen LogP contribution < -0.4 is 5.73 Å². The molecule has 0 bridgehead atoms. The van der Waals surface area contributed by atoms with Crippen molar-refractivity contribution in [3.05, 3.63) is 37.4 Å². The molecule has 0 saturated heterocycles. The van der Waals surface area contributed by atoms with Crippen LogP contribution in [-0.2, 0) is 6.42 Å². The van der Waals surface area contributed by atoms with Crippen LogP contribution in [0.25, 0.3) is 5.69 Å². The van der Waals surface area contributed by atoms with Crippen molar-refractivity contribution in [1.29, 1.82) is 0 Å². The van der Waals surface area contributed by atoms with Crippen LogP contribution >= 0.6 is 47.8 Å². The lowest BCUT2D eigenvalue weighted by atomic mass is 10.2. The van der Waals surface area contributed by atoms with E-state index in [0.717, 1.165) is 37.6 Å². The van der Waals surface area contributed by atoms with Gasteiger partial charge >= 0.3 is 0 Å². The van der Waals surface area contributed by atoms with E-state index in [1.54, 1.807) is 4.68 Å². The van der Waals surface area contributed by atoms with Gasteiger partial charge in [0.1, 0.15) is 0 Å². The summed E-state index contributed by atoms with van der Waals surface area (Å²) >= 11 is 10.5. The van der Waals surface area contributed by atoms with Crippen LogP contribution in [0.1, 0.15) is 12.1 Å². The summed E-state index contributed by atoms with van der Waals surface area (Å²) in [6.45, 7) is 0.665. The Kier molecular flexibility index (Phi) is 4.94. The molecule has 1 aromatic heterocycles. The number of nitrogens with two attached hydrogens (primary N) is 1. The van der Waals surface area contributed by atoms with Crippen molar-refractivity contribution in [2.75, 3.05) is 6.54 Å². The molecule has 2 rings (SSSR count). The molecule has 2 aromatic rings. The van der Waals surface area contributed by atoms with Gasteiger partial charge in [-0.05, 0) is 63.4 Å². The zero-order valence-corrected chi connectivity index (χ0v) is 14.2. The molecule has 4 nitrogen and oxygen atoms in total. The largest absolute Gasteiger partial charge is 0.330 e. The molecule has 1 heterocycles. The van der Waals surface area contributed by atoms with Gasteiger partial charge in [0.15, 0.2) is 0 Å². The molecule has 0 radical (unpaired) electrons. The quantitative estimate of drug-likeness (QED) is 0.795. The third-order valence-electron chi connectivity index (χ3n) is 2.39. The number of aromatic nitrogens is 3. The fraction of sp³-hybridized carbons (Fsp3) is 0.273. The Hall–Kier alpha value is -0.240. The highest BCUT2D eigenvalue weighted by atomic mass is 79.9. The first-order chi connectivity index (χ1) is 8.61. The molecule has 18 heavy (non-hydrogen) atoms. The van der Waals surface area contributed by atoms with Crippen molar-refractivity contribution in [2.45, 2.75) is 12.8 Å². The number of nitrogens with zero attached hydrogens (tertiary/aromatic N) is 3. The van der Waals surface area contributed by atoms with Gasteiger partial charge in [-0.2, -0.15) is 0 Å². The molecule has 0 aliphatic rings. The zero-order chi connectivity index (χ0) is 13.1. The highest BCUT2D eigenvalue weighted by Crippen LogP contribution is 2.32. The first kappa shape index (κ1) is 14.2. The fourth-order valence-corrected chi connectivity index (χ4v) is 4.18. The molecule has 0 aliphatic heterocycles. The molecule has 7 heteroatoms. The maximum atomic E-state index is 5.48. The average molecular weight is 439 g/mol. The van der Waals surface area contributed by atoms with Crippen LogP contribution in [0, 0.1) is 0 Å². The van der Waals surface area contributed by atoms with Crippen molar-refractivity contribution in [3.8, 4) is 5.69 Å². The van der Waals surface area contributed by atoms with E-state index in [0.29, 0.717) is 6.54 Å². The predicted molar refractivity (Wildman–Crippen MR) is 81.8 cm³/mol. The molecule has 96 valence electrons. The summed E-state index contributed by atoms with van der Waals surface area (Å²) in [6, 6.07) is 3.95. The molecule has 1 aromatic carbocycles. The second-order valence-corrected chi connectivity index (χ2v) is 6.39. The molecule has 0 atom stereocenters. The summed E-state index contributed by atoms with van der Waals surface area (Å²) in [6.07, 6.45) is 3.69. The molecule has 0 spiro atoms. The van der Waals surface area contributed by atoms with Gasteiger partial charge in [-0.3, -0.25) is 0 Å². The number of halogens is 3. The molecule has 0 aliphatic carbocycles. The van der Waals surface area contributed by atoms with E-state index in [2.05, 4.69) is 58.1 Å². The smallest absolute Gasteiger partial charge is 0.0948 e. The Morgan fingerprint density at radius 2 is 1.83 bits per heavy atom. The van der Waals surface area contributed by atoms with E-state index >= 15 is 0 Å². The average Bonchev–Trinajstić information content (AvgIpc) is 2.73. The van der Waals surface area contributed by atoms with E-state index in [-0.39, 0.29) is 0 Å². The fourth-order valence-electron chi connectivity index (χ4n) is 1.56. The lowest BCUT2D eigenvalue weighted by molar-refractivity contribution is 0.776. The number of aryl methyl sites for hydroxylation is 1. The second-order valence-electron chi connectivity index (χ2n) is 3.76. The van der Waals surface area contributed by atoms with Gasteiger partial charge in [0.05, 0.1) is 17.6 Å². The van der Waals surface area contributed by atoms with E-state index in [1.165, 1.54) is 0 Å². The Morgan fingerprint density at radius 3 is 2.44 bits per heavy atom. The minimum atomic E-state index is 0.665. The van der Waals surface area contributed by atoms with Crippen molar-refractivity contribution >= 4 is 47.8 Å². The summed E-state index contributed by atoms with van der Waals surface area (Å²) < 4.78 is 4.64. The van der Waals surface area contributed by atoms with Gasteiger partial charge in [0.25, 0.3) is 0 Å². The van der Waals surface area contributed by atoms with Gasteiger partial charge < -0.3 is 5.73 Å². The molecular formula is C11H11Br3N4. The van der Waals surface area contributed by atoms with Crippen molar-refractivity contribution < 1.29 is 0 Å². The number of hydrogen-bond acceptors (Lipinski definition) is 3. The maximum absolute atomic E-state index is 5.48. The molecule has 0 saturated carbocycles. The summed E-state index contributed by atoms with van der Waals surface area (Å²) in [5, 5.41) is 8.28. The Labute approximate surface area is 130 Å². The zero-order valence-electron chi connectivity index (χ0n) is 9.41. The Morgan fingerprint density at radius 1 is 1.17 bits per heavy atom. The number of benzene rings is 1. The van der Waals surface area contributed by atoms with Gasteiger partial charge in [0.2, 0.25) is 0 Å². The normalized spacial score (nSPS) is 10.9. The lowest BCUT2D eigenvalue weighted by Crippen LogP contribution is -2.00. The van der Waals surface area contributed by atoms with Crippen LogP contribution in [0.5, 0.6) is 0 Å². The second kappa shape index (κ2) is 6.27. The highest BCUT2D eigenvalue weighted by Gasteiger charge is 2.11. The molecule has 0 fully saturated rings. The summed E-state index contributed by atoms with van der Waals surface area (Å²) in [5.41, 5.74) is 7.37. The van der Waals surface area contributed by atoms with Crippen molar-refractivity contribution in [2.24, 2.45) is 5.73 Å². The van der Waals surface area contributed by atoms with Crippen molar-refractivity contribution in [1.82, 2.24) is 15.0 Å². The molecule has 2 N–H and O–H groups in total. The standard InChI is InChI=1S/C11H11Br3N4/c12-7-4-9(13)11(10(14)5-7)18-6-8(16-17-18)2-1-3-15/h4-6H,1-3,15H2. The van der Waals surface area contributed by atoms with Crippen LogP contribution in [0.15, 0.2) is 31.7 Å². The third-order valence-corrected chi connectivity index (χ3v) is 4.06. The van der Waals surface area contributed by atoms with Crippen LogP contribution in [0.2, 0.25) is 0 Å². The predicted octanol–water partition coefficient (Wildman–Crippen LogP) is 3.45. The van der Waals surface area contributed by atoms with Gasteiger partial charge in [-0.25, -0.2) is 4.68 Å². The van der Waals surface area contributed by atoms with Crippen LogP contribution in [0.4, 0.5) is 0 Å². The number of rotatable bonds is 4. The topological polar surface area (TPSA) is 56.7 Å². The molecule has 0 unspecified atom stereocenters. The molecule has 0 amide bonds. The van der Waals surface area contributed by atoms with E-state index in [9.17, 15) is 0 Å². The monoisotopic (exact) mass is 436 g/mol. The summed E-state index contributed by atoms with van der Waals surface area (Å²) in [7, 11) is 0. The van der Waals surface area contributed by atoms with Gasteiger partial charge in [0, 0.05) is 13.4 Å². The van der Waals surface area contributed by atoms with E-state index in [4.69, 9.17) is 5.73 Å². The summed E-state index contributed by atoms with van der Waals surface area (Å²) in [5.74, 6) is 0. The highest BCUT2D eigenvalue weighted by molar-refractivity contribution is 9.11.